The van der Waals surface area contributed by atoms with Crippen LogP contribution in [0, 0.1) is 0 Å². The number of nitrogens with one attached hydrogen (secondary N) is 1. The van der Waals surface area contributed by atoms with Crippen LogP contribution in [-0.2, 0) is 0 Å². The average Bonchev–Trinajstić information content (AvgIpc) is 2.79. The van der Waals surface area contributed by atoms with Crippen LogP contribution >= 0.6 is 11.8 Å². The third kappa shape index (κ3) is 2.80. The molecule has 0 radical (unpaired) electrons. The molecule has 0 spiro atoms. The summed E-state index contributed by atoms with van der Waals surface area (Å²) in [4.78, 5) is 0. The first-order valence-corrected chi connectivity index (χ1v) is 7.26. The van der Waals surface area contributed by atoms with Crippen molar-refractivity contribution >= 4 is 23.1 Å². The van der Waals surface area contributed by atoms with Crippen LogP contribution in [0.15, 0.2) is 18.2 Å². The summed E-state index contributed by atoms with van der Waals surface area (Å²) in [6, 6.07) is 6.36. The highest BCUT2D eigenvalue weighted by Gasteiger charge is 2.26. The number of hydrogen-bond acceptors (Lipinski definition) is 4. The maximum Gasteiger partial charge on any atom is 0.121 e. The van der Waals surface area contributed by atoms with E-state index in [-0.39, 0.29) is 0 Å². The number of thioether (sulfide) groups is 1. The number of hydrogen-bond donors (Lipinski definition) is 2. The van der Waals surface area contributed by atoms with Gasteiger partial charge in [-0.15, -0.1) is 0 Å². The van der Waals surface area contributed by atoms with E-state index in [0.29, 0.717) is 11.3 Å². The zero-order chi connectivity index (χ0) is 12.3. The number of rotatable bonds is 4. The van der Waals surface area contributed by atoms with Gasteiger partial charge in [-0.3, -0.25) is 0 Å². The van der Waals surface area contributed by atoms with Crippen LogP contribution in [0.25, 0.3) is 0 Å². The van der Waals surface area contributed by atoms with E-state index in [1.54, 1.807) is 7.11 Å². The van der Waals surface area contributed by atoms with E-state index in [9.17, 15) is 0 Å². The van der Waals surface area contributed by atoms with Crippen molar-refractivity contribution in [3.05, 3.63) is 18.2 Å². The molecule has 1 aromatic carbocycles. The zero-order valence-corrected chi connectivity index (χ0v) is 11.2. The van der Waals surface area contributed by atoms with Gasteiger partial charge >= 0.3 is 0 Å². The van der Waals surface area contributed by atoms with Gasteiger partial charge in [-0.05, 0) is 31.2 Å². The van der Waals surface area contributed by atoms with Crippen LogP contribution in [0.1, 0.15) is 19.3 Å². The second-order valence-electron chi connectivity index (χ2n) is 4.41. The van der Waals surface area contributed by atoms with Crippen LogP contribution in [0.2, 0.25) is 0 Å². The van der Waals surface area contributed by atoms with Crippen molar-refractivity contribution in [2.45, 2.75) is 30.6 Å². The standard InChI is InChI=1S/C13H20N2OS/c1-16-9-6-7-11(10(14)8-9)15-12-4-3-5-13(12)17-2/h6-8,12-13,15H,3-5,14H2,1-2H3. The highest BCUT2D eigenvalue weighted by Crippen LogP contribution is 2.33. The quantitative estimate of drug-likeness (QED) is 0.809. The molecule has 1 aliphatic rings. The lowest BCUT2D eigenvalue weighted by molar-refractivity contribution is 0.415. The Kier molecular flexibility index (Phi) is 4.05. The Morgan fingerprint density at radius 1 is 1.41 bits per heavy atom. The molecule has 0 saturated heterocycles. The van der Waals surface area contributed by atoms with E-state index in [0.717, 1.165) is 17.1 Å². The Morgan fingerprint density at radius 3 is 2.88 bits per heavy atom. The molecule has 2 atom stereocenters. The molecule has 4 heteroatoms. The summed E-state index contributed by atoms with van der Waals surface area (Å²) in [5.74, 6) is 0.806. The fourth-order valence-corrected chi connectivity index (χ4v) is 3.31. The Labute approximate surface area is 107 Å². The maximum atomic E-state index is 6.01. The average molecular weight is 252 g/mol. The molecule has 1 saturated carbocycles. The van der Waals surface area contributed by atoms with Crippen LogP contribution in [0.3, 0.4) is 0 Å². The molecule has 1 fully saturated rings. The second kappa shape index (κ2) is 5.54. The summed E-state index contributed by atoms with van der Waals surface area (Å²) in [5.41, 5.74) is 7.80. The lowest BCUT2D eigenvalue weighted by atomic mass is 10.2. The molecule has 3 nitrogen and oxygen atoms in total. The van der Waals surface area contributed by atoms with Gasteiger partial charge in [0.15, 0.2) is 0 Å². The van der Waals surface area contributed by atoms with Crippen molar-refractivity contribution in [3.63, 3.8) is 0 Å². The predicted molar refractivity (Wildman–Crippen MR) is 76.0 cm³/mol. The first-order chi connectivity index (χ1) is 8.24. The highest BCUT2D eigenvalue weighted by atomic mass is 32.2. The zero-order valence-electron chi connectivity index (χ0n) is 10.4. The van der Waals surface area contributed by atoms with Gasteiger partial charge in [0, 0.05) is 17.4 Å². The van der Waals surface area contributed by atoms with Gasteiger partial charge in [0.25, 0.3) is 0 Å². The summed E-state index contributed by atoms with van der Waals surface area (Å²) in [5, 5.41) is 4.27. The van der Waals surface area contributed by atoms with Crippen molar-refractivity contribution in [1.82, 2.24) is 0 Å². The van der Waals surface area contributed by atoms with Crippen LogP contribution in [0.4, 0.5) is 11.4 Å². The van der Waals surface area contributed by atoms with Crippen LogP contribution in [0.5, 0.6) is 5.75 Å². The van der Waals surface area contributed by atoms with Gasteiger partial charge in [0.1, 0.15) is 5.75 Å². The van der Waals surface area contributed by atoms with E-state index >= 15 is 0 Å². The second-order valence-corrected chi connectivity index (χ2v) is 5.49. The Morgan fingerprint density at radius 2 is 2.24 bits per heavy atom. The van der Waals surface area contributed by atoms with E-state index < -0.39 is 0 Å². The number of ether oxygens (including phenoxy) is 1. The summed E-state index contributed by atoms with van der Waals surface area (Å²) in [7, 11) is 1.66. The molecular formula is C13H20N2OS. The van der Waals surface area contributed by atoms with Crippen LogP contribution in [-0.4, -0.2) is 24.7 Å². The molecular weight excluding hydrogens is 232 g/mol. The predicted octanol–water partition coefficient (Wildman–Crippen LogP) is 2.97. The first kappa shape index (κ1) is 12.4. The number of benzene rings is 1. The minimum atomic E-state index is 0.542. The molecule has 94 valence electrons. The number of nitrogens with two attached hydrogens (primary N) is 1. The van der Waals surface area contributed by atoms with Gasteiger partial charge in [0.2, 0.25) is 0 Å². The van der Waals surface area contributed by atoms with E-state index in [2.05, 4.69) is 11.6 Å². The van der Waals surface area contributed by atoms with Crippen molar-refractivity contribution in [2.24, 2.45) is 0 Å². The van der Waals surface area contributed by atoms with Gasteiger partial charge in [0.05, 0.1) is 18.5 Å². The molecule has 0 bridgehead atoms. The summed E-state index contributed by atoms with van der Waals surface area (Å²) >= 11 is 1.95. The van der Waals surface area contributed by atoms with E-state index in [1.165, 1.54) is 19.3 Å². The van der Waals surface area contributed by atoms with Gasteiger partial charge in [-0.1, -0.05) is 6.42 Å². The highest BCUT2D eigenvalue weighted by molar-refractivity contribution is 7.99. The molecule has 2 rings (SSSR count). The van der Waals surface area contributed by atoms with Gasteiger partial charge in [-0.25, -0.2) is 0 Å². The number of nitrogen functional groups attached to an aromatic ring is 1. The minimum absolute atomic E-state index is 0.542. The molecule has 0 heterocycles. The first-order valence-electron chi connectivity index (χ1n) is 5.97. The van der Waals surface area contributed by atoms with Crippen molar-refractivity contribution in [2.75, 3.05) is 24.4 Å². The molecule has 1 aliphatic carbocycles. The third-order valence-electron chi connectivity index (χ3n) is 3.35. The molecule has 3 N–H and O–H groups in total. The largest absolute Gasteiger partial charge is 0.497 e. The van der Waals surface area contributed by atoms with Crippen molar-refractivity contribution in [1.29, 1.82) is 0 Å². The minimum Gasteiger partial charge on any atom is -0.497 e. The lowest BCUT2D eigenvalue weighted by Gasteiger charge is -2.21. The monoisotopic (exact) mass is 252 g/mol. The summed E-state index contributed by atoms with van der Waals surface area (Å²) < 4.78 is 5.15. The molecule has 0 aromatic heterocycles. The normalized spacial score (nSPS) is 23.6. The van der Waals surface area contributed by atoms with E-state index in [4.69, 9.17) is 10.5 Å². The van der Waals surface area contributed by atoms with Crippen molar-refractivity contribution < 1.29 is 4.74 Å². The number of methoxy groups -OCH3 is 1. The van der Waals surface area contributed by atoms with Gasteiger partial charge < -0.3 is 15.8 Å². The fourth-order valence-electron chi connectivity index (χ4n) is 2.37. The summed E-state index contributed by atoms with van der Waals surface area (Å²) in [6.45, 7) is 0. The van der Waals surface area contributed by atoms with Crippen LogP contribution < -0.4 is 15.8 Å². The third-order valence-corrected chi connectivity index (χ3v) is 4.52. The molecule has 2 unspecified atom stereocenters. The Balaban J connectivity index is 2.08. The topological polar surface area (TPSA) is 47.3 Å². The Bertz CT molecular complexity index is 384. The number of anilines is 2. The Hall–Kier alpha value is -1.03. The fraction of sp³-hybridized carbons (Fsp3) is 0.538. The smallest absolute Gasteiger partial charge is 0.121 e. The molecule has 0 aliphatic heterocycles. The molecule has 17 heavy (non-hydrogen) atoms. The van der Waals surface area contributed by atoms with E-state index in [1.807, 2.05) is 30.0 Å². The SMILES string of the molecule is COc1ccc(NC2CCCC2SC)c(N)c1. The molecule has 0 amide bonds. The maximum absolute atomic E-state index is 6.01. The van der Waals surface area contributed by atoms with Crippen molar-refractivity contribution in [3.8, 4) is 5.75 Å². The lowest BCUT2D eigenvalue weighted by Crippen LogP contribution is -2.26. The molecule has 1 aromatic rings. The van der Waals surface area contributed by atoms with Gasteiger partial charge in [-0.2, -0.15) is 11.8 Å². The summed E-state index contributed by atoms with van der Waals surface area (Å²) in [6.07, 6.45) is 6.02.